The maximum Gasteiger partial charge on any atom is 0.253 e. The summed E-state index contributed by atoms with van der Waals surface area (Å²) in [6, 6.07) is 10.4. The van der Waals surface area contributed by atoms with Gasteiger partial charge in [0.25, 0.3) is 5.91 Å². The Morgan fingerprint density at radius 2 is 1.77 bits per heavy atom. The number of carbonyl (C=O) groups is 1. The Hall–Kier alpha value is -3.32. The third-order valence-corrected chi connectivity index (χ3v) is 7.99. The molecular weight excluding hydrogens is 488 g/mol. The number of nitrogens with zero attached hydrogens (tertiary/aromatic N) is 3. The molecule has 2 aromatic carbocycles. The van der Waals surface area contributed by atoms with E-state index in [1.165, 1.54) is 16.7 Å². The third kappa shape index (κ3) is 5.98. The number of unbranched alkanes of at least 4 members (excludes halogenated alkanes) is 1. The van der Waals surface area contributed by atoms with E-state index in [1.54, 1.807) is 14.2 Å². The van der Waals surface area contributed by atoms with Gasteiger partial charge in [-0.05, 0) is 87.1 Å². The molecule has 1 aliphatic heterocycles. The van der Waals surface area contributed by atoms with Gasteiger partial charge in [-0.1, -0.05) is 19.4 Å². The van der Waals surface area contributed by atoms with Crippen LogP contribution in [0.25, 0.3) is 0 Å². The molecule has 0 saturated carbocycles. The first-order valence-electron chi connectivity index (χ1n) is 14.3. The fourth-order valence-electron chi connectivity index (χ4n) is 5.71. The van der Waals surface area contributed by atoms with Crippen LogP contribution in [0.15, 0.2) is 30.3 Å². The summed E-state index contributed by atoms with van der Waals surface area (Å²) >= 11 is 0. The number of rotatable bonds is 11. The first-order valence-corrected chi connectivity index (χ1v) is 14.3. The Kier molecular flexibility index (Phi) is 9.33. The number of benzene rings is 2. The molecule has 2 heterocycles. The monoisotopic (exact) mass is 532 g/mol. The molecule has 1 atom stereocenters. The molecule has 0 radical (unpaired) electrons. The average Bonchev–Trinajstić information content (AvgIpc) is 3.30. The lowest BCUT2D eigenvalue weighted by molar-refractivity contribution is 0.0773. The van der Waals surface area contributed by atoms with Crippen molar-refractivity contribution in [3.05, 3.63) is 75.4 Å². The summed E-state index contributed by atoms with van der Waals surface area (Å²) < 4.78 is 11.4. The van der Waals surface area contributed by atoms with Gasteiger partial charge in [-0.2, -0.15) is 0 Å². The predicted octanol–water partition coefficient (Wildman–Crippen LogP) is 6.02. The summed E-state index contributed by atoms with van der Waals surface area (Å²) in [5.41, 5.74) is 7.74. The molecule has 0 saturated heterocycles. The highest BCUT2D eigenvalue weighted by atomic mass is 16.5. The van der Waals surface area contributed by atoms with Crippen LogP contribution in [0.4, 0.5) is 0 Å². The fraction of sp³-hybridized carbons (Fsp3) is 0.500. The zero-order chi connectivity index (χ0) is 28.1. The highest BCUT2D eigenvalue weighted by Gasteiger charge is 2.32. The number of aromatic amines is 1. The molecule has 1 N–H and O–H groups in total. The number of hydrogen-bond donors (Lipinski definition) is 1. The Morgan fingerprint density at radius 1 is 1.05 bits per heavy atom. The quantitative estimate of drug-likeness (QED) is 0.327. The van der Waals surface area contributed by atoms with Gasteiger partial charge >= 0.3 is 0 Å². The molecular formula is C32H44N4O3. The van der Waals surface area contributed by atoms with Crippen LogP contribution in [0, 0.1) is 13.8 Å². The average molecular weight is 533 g/mol. The minimum atomic E-state index is 0.00125. The van der Waals surface area contributed by atoms with Crippen LogP contribution in [0.2, 0.25) is 0 Å². The highest BCUT2D eigenvalue weighted by Crippen LogP contribution is 2.42. The lowest BCUT2D eigenvalue weighted by atomic mass is 9.85. The molecule has 7 heteroatoms. The fourth-order valence-corrected chi connectivity index (χ4v) is 5.71. The van der Waals surface area contributed by atoms with E-state index in [9.17, 15) is 4.79 Å². The van der Waals surface area contributed by atoms with Gasteiger partial charge in [0.2, 0.25) is 0 Å². The summed E-state index contributed by atoms with van der Waals surface area (Å²) in [6.07, 6.45) is 4.17. The van der Waals surface area contributed by atoms with Crippen molar-refractivity contribution in [3.8, 4) is 11.5 Å². The summed E-state index contributed by atoms with van der Waals surface area (Å²) in [5, 5.41) is 0. The van der Waals surface area contributed by atoms with Gasteiger partial charge in [-0.25, -0.2) is 4.98 Å². The normalized spacial score (nSPS) is 15.2. The standard InChI is InChI=1S/C32H44N4O3/c1-8-11-12-30-33-22(5)27(34-30)20-36-16-15-23-18-28(38-6)29(39-7)19-26(23)31(36)25-14-13-24(17-21(25)4)32(37)35(9-2)10-3/h13-14,17-19,31H,8-12,15-16,20H2,1-7H3,(H,33,34). The number of imidazole rings is 1. The van der Waals surface area contributed by atoms with Crippen molar-refractivity contribution >= 4 is 5.91 Å². The van der Waals surface area contributed by atoms with E-state index < -0.39 is 0 Å². The number of amides is 1. The Bertz CT molecular complexity index is 1290. The second kappa shape index (κ2) is 12.7. The number of aromatic nitrogens is 2. The van der Waals surface area contributed by atoms with Crippen molar-refractivity contribution in [1.82, 2.24) is 19.8 Å². The molecule has 210 valence electrons. The number of hydrogen-bond acceptors (Lipinski definition) is 5. The summed E-state index contributed by atoms with van der Waals surface area (Å²) in [7, 11) is 3.37. The third-order valence-electron chi connectivity index (χ3n) is 7.99. The van der Waals surface area contributed by atoms with E-state index in [0.717, 1.165) is 78.6 Å². The SMILES string of the molecule is CCCCc1nc(CN2CCc3cc(OC)c(OC)cc3C2c2ccc(C(=O)N(CC)CC)cc2C)c(C)[nH]1. The lowest BCUT2D eigenvalue weighted by Gasteiger charge is -2.38. The minimum Gasteiger partial charge on any atom is -0.493 e. The molecule has 0 spiro atoms. The van der Waals surface area contributed by atoms with E-state index in [-0.39, 0.29) is 11.9 Å². The second-order valence-corrected chi connectivity index (χ2v) is 10.4. The first kappa shape index (κ1) is 28.7. The second-order valence-electron chi connectivity index (χ2n) is 10.4. The van der Waals surface area contributed by atoms with Crippen LogP contribution in [0.5, 0.6) is 11.5 Å². The maximum absolute atomic E-state index is 13.1. The van der Waals surface area contributed by atoms with Crippen molar-refractivity contribution in [3.63, 3.8) is 0 Å². The number of ether oxygens (including phenoxy) is 2. The van der Waals surface area contributed by atoms with E-state index in [4.69, 9.17) is 14.5 Å². The number of nitrogens with one attached hydrogen (secondary N) is 1. The highest BCUT2D eigenvalue weighted by molar-refractivity contribution is 5.94. The van der Waals surface area contributed by atoms with E-state index in [1.807, 2.05) is 30.9 Å². The van der Waals surface area contributed by atoms with Gasteiger partial charge in [0.05, 0.1) is 26.0 Å². The Balaban J connectivity index is 1.77. The summed E-state index contributed by atoms with van der Waals surface area (Å²) in [4.78, 5) is 26.0. The van der Waals surface area contributed by atoms with Crippen LogP contribution in [-0.2, 0) is 19.4 Å². The van der Waals surface area contributed by atoms with Crippen LogP contribution in [-0.4, -0.2) is 59.5 Å². The van der Waals surface area contributed by atoms with Gasteiger partial charge < -0.3 is 19.4 Å². The molecule has 39 heavy (non-hydrogen) atoms. The van der Waals surface area contributed by atoms with Crippen LogP contribution in [0.3, 0.4) is 0 Å². The van der Waals surface area contributed by atoms with Gasteiger partial charge in [0, 0.05) is 43.9 Å². The zero-order valence-electron chi connectivity index (χ0n) is 24.7. The number of aryl methyl sites for hydroxylation is 3. The number of H-pyrrole nitrogens is 1. The molecule has 7 nitrogen and oxygen atoms in total. The lowest BCUT2D eigenvalue weighted by Crippen LogP contribution is -2.36. The van der Waals surface area contributed by atoms with Gasteiger partial charge in [-0.3, -0.25) is 9.69 Å². The summed E-state index contributed by atoms with van der Waals surface area (Å²) in [5.74, 6) is 2.63. The van der Waals surface area contributed by atoms with E-state index >= 15 is 0 Å². The number of carbonyl (C=O) groups excluding carboxylic acids is 1. The van der Waals surface area contributed by atoms with Crippen molar-refractivity contribution in [2.24, 2.45) is 0 Å². The zero-order valence-corrected chi connectivity index (χ0v) is 24.7. The Labute approximate surface area is 233 Å². The summed E-state index contributed by atoms with van der Waals surface area (Å²) in [6.45, 7) is 13.5. The minimum absolute atomic E-state index is 0.00125. The predicted molar refractivity (Wildman–Crippen MR) is 156 cm³/mol. The van der Waals surface area contributed by atoms with Crippen LogP contribution < -0.4 is 9.47 Å². The molecule has 0 fully saturated rings. The molecule has 1 aliphatic rings. The molecule has 1 aromatic heterocycles. The van der Waals surface area contributed by atoms with E-state index in [2.05, 4.69) is 48.9 Å². The number of fused-ring (bicyclic) bond motifs is 1. The molecule has 0 aliphatic carbocycles. The largest absolute Gasteiger partial charge is 0.493 e. The van der Waals surface area contributed by atoms with Crippen molar-refractivity contribution in [2.75, 3.05) is 33.9 Å². The van der Waals surface area contributed by atoms with Gasteiger partial charge in [0.15, 0.2) is 11.5 Å². The van der Waals surface area contributed by atoms with Crippen molar-refractivity contribution in [1.29, 1.82) is 0 Å². The van der Waals surface area contributed by atoms with E-state index in [0.29, 0.717) is 13.1 Å². The smallest absolute Gasteiger partial charge is 0.253 e. The molecule has 1 unspecified atom stereocenters. The van der Waals surface area contributed by atoms with Gasteiger partial charge in [-0.15, -0.1) is 0 Å². The maximum atomic E-state index is 13.1. The Morgan fingerprint density at radius 3 is 2.41 bits per heavy atom. The first-order chi connectivity index (χ1) is 18.8. The molecule has 0 bridgehead atoms. The van der Waals surface area contributed by atoms with Gasteiger partial charge in [0.1, 0.15) is 5.82 Å². The topological polar surface area (TPSA) is 70.7 Å². The number of methoxy groups -OCH3 is 2. The van der Waals surface area contributed by atoms with Crippen LogP contribution >= 0.6 is 0 Å². The molecule has 1 amide bonds. The van der Waals surface area contributed by atoms with Crippen LogP contribution in [0.1, 0.15) is 89.5 Å². The van der Waals surface area contributed by atoms with Crippen molar-refractivity contribution < 1.29 is 14.3 Å². The molecule has 4 rings (SSSR count). The van der Waals surface area contributed by atoms with Crippen molar-refractivity contribution in [2.45, 2.75) is 72.9 Å². The molecule has 3 aromatic rings.